The van der Waals surface area contributed by atoms with Gasteiger partial charge in [0.05, 0.1) is 4.11 Å². The maximum atomic E-state index is 12.5. The molecule has 0 fully saturated rings. The molecule has 2 aromatic carbocycles. The molecule has 0 aromatic heterocycles. The van der Waals surface area contributed by atoms with Gasteiger partial charge >= 0.3 is 7.82 Å². The molecule has 18 heavy (non-hydrogen) atoms. The third-order valence-corrected chi connectivity index (χ3v) is 3.13. The highest BCUT2D eigenvalue weighted by Crippen LogP contribution is 2.48. The topological polar surface area (TPSA) is 44.8 Å². The van der Waals surface area contributed by atoms with Crippen LogP contribution in [0.4, 0.5) is 0 Å². The van der Waals surface area contributed by atoms with Gasteiger partial charge in [0.2, 0.25) is 0 Å². The van der Waals surface area contributed by atoms with Crippen molar-refractivity contribution in [2.45, 2.75) is 0 Å². The van der Waals surface area contributed by atoms with Crippen molar-refractivity contribution < 1.29 is 22.2 Å². The van der Waals surface area contributed by atoms with E-state index in [-0.39, 0.29) is 11.5 Å². The molecule has 0 aliphatic carbocycles. The smallest absolute Gasteiger partial charge is 0.395 e. The first-order chi connectivity index (χ1) is 9.86. The van der Waals surface area contributed by atoms with Gasteiger partial charge in [-0.3, -0.25) is 4.52 Å². The molecule has 0 atom stereocenters. The molecule has 0 unspecified atom stereocenters. The van der Waals surface area contributed by atoms with Crippen molar-refractivity contribution in [3.8, 4) is 11.5 Å². The van der Waals surface area contributed by atoms with E-state index in [2.05, 4.69) is 4.52 Å². The van der Waals surface area contributed by atoms with Crippen molar-refractivity contribution in [1.29, 1.82) is 0 Å². The lowest BCUT2D eigenvalue weighted by atomic mass is 10.3. The standard InChI is InChI=1S/C13H13O4P/c1-15-18(14,16-12-8-4-2-5-9-12)17-13-10-6-3-7-11-13/h2-11H,1H3/i1D3. The molecule has 0 N–H and O–H groups in total. The predicted octanol–water partition coefficient (Wildman–Crippen LogP) is 3.90. The Morgan fingerprint density at radius 1 is 0.889 bits per heavy atom. The van der Waals surface area contributed by atoms with E-state index in [4.69, 9.17) is 13.2 Å². The van der Waals surface area contributed by atoms with Crippen LogP contribution in [-0.2, 0) is 9.09 Å². The Hall–Kier alpha value is -1.77. The molecule has 0 heterocycles. The fourth-order valence-electron chi connectivity index (χ4n) is 1.28. The third kappa shape index (κ3) is 3.36. The number of phosphoric acid groups is 1. The molecule has 2 aromatic rings. The number of hydrogen-bond donors (Lipinski definition) is 0. The van der Waals surface area contributed by atoms with Crippen LogP contribution in [-0.4, -0.2) is 7.04 Å². The van der Waals surface area contributed by atoms with E-state index in [1.165, 1.54) is 24.3 Å². The second-order valence-electron chi connectivity index (χ2n) is 3.35. The molecule has 5 heteroatoms. The zero-order valence-electron chi connectivity index (χ0n) is 12.4. The van der Waals surface area contributed by atoms with Crippen molar-refractivity contribution in [2.24, 2.45) is 0 Å². The largest absolute Gasteiger partial charge is 0.587 e. The van der Waals surface area contributed by atoms with Crippen LogP contribution in [0.15, 0.2) is 60.7 Å². The van der Waals surface area contributed by atoms with Crippen LogP contribution in [0.25, 0.3) is 0 Å². The Kier molecular flexibility index (Phi) is 2.92. The summed E-state index contributed by atoms with van der Waals surface area (Å²) in [5.74, 6) is 0.363. The first kappa shape index (κ1) is 9.20. The van der Waals surface area contributed by atoms with Crippen LogP contribution in [0.5, 0.6) is 11.5 Å². The first-order valence-corrected chi connectivity index (χ1v) is 6.62. The van der Waals surface area contributed by atoms with Gasteiger partial charge in [-0.15, -0.1) is 0 Å². The van der Waals surface area contributed by atoms with Gasteiger partial charge in [0.25, 0.3) is 0 Å². The molecule has 94 valence electrons. The molecule has 0 saturated carbocycles. The quantitative estimate of drug-likeness (QED) is 0.771. The zero-order chi connectivity index (χ0) is 15.3. The fraction of sp³-hybridized carbons (Fsp3) is 0.0769. The van der Waals surface area contributed by atoms with Gasteiger partial charge in [-0.25, -0.2) is 4.57 Å². The van der Waals surface area contributed by atoms with Gasteiger partial charge in [-0.1, -0.05) is 36.4 Å². The number of phosphoric ester groups is 1. The lowest BCUT2D eigenvalue weighted by Crippen LogP contribution is -2.02. The molecule has 0 aliphatic rings. The molecule has 4 nitrogen and oxygen atoms in total. The second-order valence-corrected chi connectivity index (χ2v) is 4.79. The summed E-state index contributed by atoms with van der Waals surface area (Å²) in [6, 6.07) is 16.1. The summed E-state index contributed by atoms with van der Waals surface area (Å²) in [7, 11) is -7.26. The molecule has 0 aliphatic heterocycles. The van der Waals surface area contributed by atoms with Crippen LogP contribution in [0, 0.1) is 0 Å². The summed E-state index contributed by atoms with van der Waals surface area (Å²) in [4.78, 5) is 0. The molecule has 0 spiro atoms. The highest BCUT2D eigenvalue weighted by Gasteiger charge is 2.28. The highest BCUT2D eigenvalue weighted by molar-refractivity contribution is 7.49. The average Bonchev–Trinajstić information content (AvgIpc) is 2.38. The lowest BCUT2D eigenvalue weighted by Gasteiger charge is -2.16. The summed E-state index contributed by atoms with van der Waals surface area (Å²) in [5, 5.41) is 0. The van der Waals surface area contributed by atoms with Crippen molar-refractivity contribution in [2.75, 3.05) is 7.04 Å². The Balaban J connectivity index is 2.24. The number of para-hydroxylation sites is 2. The van der Waals surface area contributed by atoms with E-state index >= 15 is 0 Å². The zero-order valence-corrected chi connectivity index (χ0v) is 10.2. The number of rotatable bonds is 5. The predicted molar refractivity (Wildman–Crippen MR) is 68.8 cm³/mol. The molecule has 0 radical (unpaired) electrons. The molecule has 2 rings (SSSR count). The van der Waals surface area contributed by atoms with Crippen LogP contribution in [0.2, 0.25) is 0 Å². The molecule has 0 bridgehead atoms. The summed E-state index contributed by atoms with van der Waals surface area (Å²) in [6.45, 7) is 0. The van der Waals surface area contributed by atoms with Crippen molar-refractivity contribution >= 4 is 7.82 Å². The summed E-state index contributed by atoms with van der Waals surface area (Å²) < 4.78 is 48.6. The van der Waals surface area contributed by atoms with E-state index in [0.29, 0.717) is 0 Å². The van der Waals surface area contributed by atoms with Crippen molar-refractivity contribution in [1.82, 2.24) is 0 Å². The average molecular weight is 267 g/mol. The monoisotopic (exact) mass is 267 g/mol. The third-order valence-electron chi connectivity index (χ3n) is 2.03. The minimum absolute atomic E-state index is 0.181. The Morgan fingerprint density at radius 2 is 1.33 bits per heavy atom. The van der Waals surface area contributed by atoms with E-state index in [1.807, 2.05) is 0 Å². The normalized spacial score (nSPS) is 14.1. The maximum absolute atomic E-state index is 12.5. The van der Waals surface area contributed by atoms with Gasteiger partial charge < -0.3 is 9.05 Å². The molecule has 0 amide bonds. The first-order valence-electron chi connectivity index (χ1n) is 6.66. The van der Waals surface area contributed by atoms with E-state index < -0.39 is 14.9 Å². The van der Waals surface area contributed by atoms with Crippen LogP contribution in [0.3, 0.4) is 0 Å². The molecular weight excluding hydrogens is 251 g/mol. The van der Waals surface area contributed by atoms with Crippen LogP contribution in [0.1, 0.15) is 4.11 Å². The van der Waals surface area contributed by atoms with Gasteiger partial charge in [-0.2, -0.15) is 0 Å². The van der Waals surface area contributed by atoms with E-state index in [0.717, 1.165) is 0 Å². The summed E-state index contributed by atoms with van der Waals surface area (Å²) >= 11 is 0. The summed E-state index contributed by atoms with van der Waals surface area (Å²) in [5.41, 5.74) is 0. The molecule has 0 saturated heterocycles. The van der Waals surface area contributed by atoms with Crippen molar-refractivity contribution in [3.05, 3.63) is 60.7 Å². The second kappa shape index (κ2) is 5.71. The summed E-state index contributed by atoms with van der Waals surface area (Å²) in [6.07, 6.45) is 0. The highest BCUT2D eigenvalue weighted by atomic mass is 31.2. The Morgan fingerprint density at radius 3 is 1.72 bits per heavy atom. The van der Waals surface area contributed by atoms with Gasteiger partial charge in [0, 0.05) is 7.04 Å². The van der Waals surface area contributed by atoms with E-state index in [1.54, 1.807) is 36.4 Å². The number of hydrogen-bond acceptors (Lipinski definition) is 4. The van der Waals surface area contributed by atoms with Crippen LogP contribution < -0.4 is 9.05 Å². The van der Waals surface area contributed by atoms with Gasteiger partial charge in [0.15, 0.2) is 0 Å². The van der Waals surface area contributed by atoms with Crippen LogP contribution >= 0.6 is 7.82 Å². The Bertz CT molecular complexity index is 571. The maximum Gasteiger partial charge on any atom is 0.587 e. The van der Waals surface area contributed by atoms with Crippen molar-refractivity contribution in [3.63, 3.8) is 0 Å². The minimum Gasteiger partial charge on any atom is -0.395 e. The lowest BCUT2D eigenvalue weighted by molar-refractivity contribution is 0.250. The number of benzene rings is 2. The Labute approximate surface area is 110 Å². The minimum atomic E-state index is -4.35. The van der Waals surface area contributed by atoms with Gasteiger partial charge in [0.1, 0.15) is 11.5 Å². The molecular formula is C13H13O4P. The van der Waals surface area contributed by atoms with E-state index in [9.17, 15) is 4.57 Å². The fourth-order valence-corrected chi connectivity index (χ4v) is 2.15. The SMILES string of the molecule is [2H]C([2H])([2H])OP(=O)(Oc1ccccc1)Oc1ccccc1. The van der Waals surface area contributed by atoms with Gasteiger partial charge in [-0.05, 0) is 24.3 Å².